The van der Waals surface area contributed by atoms with Crippen molar-refractivity contribution in [3.8, 4) is 0 Å². The Labute approximate surface area is 165 Å². The van der Waals surface area contributed by atoms with Crippen LogP contribution in [0.2, 0.25) is 0 Å². The number of hydrogen-bond acceptors (Lipinski definition) is 4. The fourth-order valence-electron chi connectivity index (χ4n) is 2.95. The third kappa shape index (κ3) is 3.61. The standard InChI is InChI=1S/C21H16FN3O2S/c22-16-8-2-1-6-14(16)12-24-19(26)13-25-17-9-3-4-10-18(17)28-20-15(21(25)27)7-5-11-23-20/h1-11H,12-13H2,(H,24,26). The minimum atomic E-state index is -0.379. The Morgan fingerprint density at radius 3 is 2.71 bits per heavy atom. The van der Waals surface area contributed by atoms with E-state index in [1.807, 2.05) is 18.2 Å². The maximum Gasteiger partial charge on any atom is 0.261 e. The average molecular weight is 393 g/mol. The van der Waals surface area contributed by atoms with Crippen LogP contribution in [0.5, 0.6) is 0 Å². The fourth-order valence-corrected chi connectivity index (χ4v) is 3.97. The zero-order valence-electron chi connectivity index (χ0n) is 14.8. The van der Waals surface area contributed by atoms with Gasteiger partial charge in [-0.2, -0.15) is 0 Å². The first kappa shape index (κ1) is 18.2. The molecule has 140 valence electrons. The molecule has 1 aliphatic heterocycles. The molecule has 2 heterocycles. The van der Waals surface area contributed by atoms with Crippen LogP contribution in [0.1, 0.15) is 15.9 Å². The first-order chi connectivity index (χ1) is 13.6. The molecule has 0 aliphatic carbocycles. The predicted molar refractivity (Wildman–Crippen MR) is 105 cm³/mol. The molecule has 7 heteroatoms. The Morgan fingerprint density at radius 2 is 1.86 bits per heavy atom. The number of anilines is 1. The Kier molecular flexibility index (Phi) is 5.08. The summed E-state index contributed by atoms with van der Waals surface area (Å²) in [6.45, 7) is -0.110. The number of nitrogens with zero attached hydrogens (tertiary/aromatic N) is 2. The van der Waals surface area contributed by atoms with E-state index in [-0.39, 0.29) is 30.7 Å². The largest absolute Gasteiger partial charge is 0.350 e. The van der Waals surface area contributed by atoms with E-state index in [1.54, 1.807) is 42.6 Å². The molecule has 0 bridgehead atoms. The molecule has 0 saturated carbocycles. The van der Waals surface area contributed by atoms with E-state index in [1.165, 1.54) is 22.7 Å². The van der Waals surface area contributed by atoms with Crippen molar-refractivity contribution in [3.63, 3.8) is 0 Å². The van der Waals surface area contributed by atoms with E-state index < -0.39 is 0 Å². The zero-order valence-corrected chi connectivity index (χ0v) is 15.6. The van der Waals surface area contributed by atoms with Crippen molar-refractivity contribution in [1.29, 1.82) is 0 Å². The lowest BCUT2D eigenvalue weighted by molar-refractivity contribution is -0.119. The third-order valence-electron chi connectivity index (χ3n) is 4.34. The Hall–Kier alpha value is -3.19. The molecule has 1 aliphatic rings. The summed E-state index contributed by atoms with van der Waals surface area (Å²) in [5.74, 6) is -1.04. The number of nitrogens with one attached hydrogen (secondary N) is 1. The summed E-state index contributed by atoms with van der Waals surface area (Å²) in [5.41, 5.74) is 1.49. The number of hydrogen-bond donors (Lipinski definition) is 1. The normalized spacial score (nSPS) is 12.8. The number of carbonyl (C=O) groups is 2. The number of para-hydroxylation sites is 1. The number of aromatic nitrogens is 1. The van der Waals surface area contributed by atoms with Crippen molar-refractivity contribution in [2.75, 3.05) is 11.4 Å². The lowest BCUT2D eigenvalue weighted by Crippen LogP contribution is -2.40. The van der Waals surface area contributed by atoms with Crippen LogP contribution in [-0.4, -0.2) is 23.3 Å². The highest BCUT2D eigenvalue weighted by Gasteiger charge is 2.29. The van der Waals surface area contributed by atoms with Crippen LogP contribution in [0.25, 0.3) is 0 Å². The van der Waals surface area contributed by atoms with Crippen molar-refractivity contribution in [3.05, 3.63) is 83.8 Å². The first-order valence-corrected chi connectivity index (χ1v) is 9.49. The number of amides is 2. The molecule has 2 aromatic carbocycles. The van der Waals surface area contributed by atoms with Crippen molar-refractivity contribution in [2.24, 2.45) is 0 Å². The zero-order chi connectivity index (χ0) is 19.5. The van der Waals surface area contributed by atoms with Gasteiger partial charge in [0.15, 0.2) is 0 Å². The molecule has 0 spiro atoms. The summed E-state index contributed by atoms with van der Waals surface area (Å²) in [5, 5.41) is 3.29. The third-order valence-corrected chi connectivity index (χ3v) is 5.43. The minimum Gasteiger partial charge on any atom is -0.350 e. The van der Waals surface area contributed by atoms with Crippen LogP contribution in [0.3, 0.4) is 0 Å². The maximum atomic E-state index is 13.8. The van der Waals surface area contributed by atoms with E-state index in [4.69, 9.17) is 0 Å². The fraction of sp³-hybridized carbons (Fsp3) is 0.0952. The summed E-state index contributed by atoms with van der Waals surface area (Å²) in [6, 6.07) is 17.0. The number of halogens is 1. The maximum absolute atomic E-state index is 13.8. The average Bonchev–Trinajstić information content (AvgIpc) is 2.83. The molecule has 2 amide bonds. The Balaban J connectivity index is 1.58. The molecular weight excluding hydrogens is 377 g/mol. The van der Waals surface area contributed by atoms with Gasteiger partial charge in [-0.05, 0) is 30.3 Å². The molecule has 0 fully saturated rings. The quantitative estimate of drug-likeness (QED) is 0.735. The number of pyridine rings is 1. The first-order valence-electron chi connectivity index (χ1n) is 8.67. The van der Waals surface area contributed by atoms with E-state index in [2.05, 4.69) is 10.3 Å². The summed E-state index contributed by atoms with van der Waals surface area (Å²) < 4.78 is 13.8. The van der Waals surface area contributed by atoms with Crippen molar-refractivity contribution in [1.82, 2.24) is 10.3 Å². The number of fused-ring (bicyclic) bond motifs is 2. The monoisotopic (exact) mass is 393 g/mol. The van der Waals surface area contributed by atoms with Gasteiger partial charge < -0.3 is 5.32 Å². The van der Waals surface area contributed by atoms with Crippen molar-refractivity contribution >= 4 is 29.3 Å². The van der Waals surface area contributed by atoms with Gasteiger partial charge >= 0.3 is 0 Å². The minimum absolute atomic E-state index is 0.0576. The highest BCUT2D eigenvalue weighted by molar-refractivity contribution is 7.99. The molecule has 1 N–H and O–H groups in total. The SMILES string of the molecule is O=C(CN1C(=O)c2cccnc2Sc2ccccc21)NCc1ccccc1F. The molecule has 4 rings (SSSR count). The second-order valence-corrected chi connectivity index (χ2v) is 7.22. The van der Waals surface area contributed by atoms with E-state index in [0.717, 1.165) is 4.90 Å². The van der Waals surface area contributed by atoms with Gasteiger partial charge in [-0.3, -0.25) is 14.5 Å². The van der Waals surface area contributed by atoms with Gasteiger partial charge in [0, 0.05) is 23.2 Å². The molecule has 1 aromatic heterocycles. The second-order valence-electron chi connectivity index (χ2n) is 6.19. The Morgan fingerprint density at radius 1 is 1.07 bits per heavy atom. The molecule has 0 unspecified atom stereocenters. The number of benzene rings is 2. The van der Waals surface area contributed by atoms with Crippen molar-refractivity contribution < 1.29 is 14.0 Å². The summed E-state index contributed by atoms with van der Waals surface area (Å²) in [4.78, 5) is 32.2. The molecule has 3 aromatic rings. The lowest BCUT2D eigenvalue weighted by atomic mass is 10.2. The summed E-state index contributed by atoms with van der Waals surface area (Å²) in [6.07, 6.45) is 1.64. The lowest BCUT2D eigenvalue weighted by Gasteiger charge is -2.22. The van der Waals surface area contributed by atoms with E-state index >= 15 is 0 Å². The van der Waals surface area contributed by atoms with Crippen LogP contribution in [0, 0.1) is 5.82 Å². The molecule has 0 radical (unpaired) electrons. The molecular formula is C21H16FN3O2S. The van der Waals surface area contributed by atoms with Gasteiger partial charge in [0.05, 0.1) is 11.3 Å². The van der Waals surface area contributed by atoms with E-state index in [0.29, 0.717) is 21.8 Å². The second kappa shape index (κ2) is 7.82. The molecule has 0 saturated heterocycles. The molecule has 5 nitrogen and oxygen atoms in total. The van der Waals surface area contributed by atoms with Crippen LogP contribution in [-0.2, 0) is 11.3 Å². The topological polar surface area (TPSA) is 62.3 Å². The highest BCUT2D eigenvalue weighted by atomic mass is 32.2. The number of carbonyl (C=O) groups excluding carboxylic acids is 2. The van der Waals surface area contributed by atoms with Gasteiger partial charge in [-0.15, -0.1) is 0 Å². The van der Waals surface area contributed by atoms with E-state index in [9.17, 15) is 14.0 Å². The van der Waals surface area contributed by atoms with Gasteiger partial charge in [0.1, 0.15) is 17.4 Å². The summed E-state index contributed by atoms with van der Waals surface area (Å²) >= 11 is 1.40. The number of rotatable bonds is 4. The van der Waals surface area contributed by atoms with Crippen LogP contribution in [0.4, 0.5) is 10.1 Å². The van der Waals surface area contributed by atoms with Crippen LogP contribution < -0.4 is 10.2 Å². The molecule has 28 heavy (non-hydrogen) atoms. The smallest absolute Gasteiger partial charge is 0.261 e. The van der Waals surface area contributed by atoms with Gasteiger partial charge in [0.2, 0.25) is 5.91 Å². The van der Waals surface area contributed by atoms with Gasteiger partial charge in [-0.1, -0.05) is 42.1 Å². The summed E-state index contributed by atoms with van der Waals surface area (Å²) in [7, 11) is 0. The van der Waals surface area contributed by atoms with Crippen LogP contribution in [0.15, 0.2) is 76.8 Å². The highest BCUT2D eigenvalue weighted by Crippen LogP contribution is 2.39. The predicted octanol–water partition coefficient (Wildman–Crippen LogP) is 3.65. The Bertz CT molecular complexity index is 1060. The van der Waals surface area contributed by atoms with Crippen molar-refractivity contribution in [2.45, 2.75) is 16.5 Å². The molecule has 0 atom stereocenters. The van der Waals surface area contributed by atoms with Gasteiger partial charge in [0.25, 0.3) is 5.91 Å². The van der Waals surface area contributed by atoms with Gasteiger partial charge in [-0.25, -0.2) is 9.37 Å². The van der Waals surface area contributed by atoms with Crippen LogP contribution >= 0.6 is 11.8 Å².